The zero-order chi connectivity index (χ0) is 12.5. The maximum Gasteiger partial charge on any atom is 0.319 e. The lowest BCUT2D eigenvalue weighted by Crippen LogP contribution is -2.64. The van der Waals surface area contributed by atoms with E-state index in [4.69, 9.17) is 0 Å². The Balaban J connectivity index is 1.91. The van der Waals surface area contributed by atoms with Crippen LogP contribution in [0.25, 0.3) is 0 Å². The molecule has 2 heterocycles. The molecule has 2 saturated heterocycles. The highest BCUT2D eigenvalue weighted by Gasteiger charge is 2.38. The Morgan fingerprint density at radius 2 is 1.88 bits per heavy atom. The normalized spacial score (nSPS) is 25.0. The molecule has 0 aromatic carbocycles. The summed E-state index contributed by atoms with van der Waals surface area (Å²) in [7, 11) is 5.82. The van der Waals surface area contributed by atoms with Crippen molar-refractivity contribution in [3.05, 3.63) is 0 Å². The van der Waals surface area contributed by atoms with E-state index < -0.39 is 0 Å². The lowest BCUT2D eigenvalue weighted by Gasteiger charge is -2.47. The van der Waals surface area contributed by atoms with Crippen LogP contribution in [0.15, 0.2) is 0 Å². The van der Waals surface area contributed by atoms with Crippen LogP contribution in [0.3, 0.4) is 0 Å². The van der Waals surface area contributed by atoms with Gasteiger partial charge in [0.25, 0.3) is 0 Å². The summed E-state index contributed by atoms with van der Waals surface area (Å²) in [6.45, 7) is 5.05. The van der Waals surface area contributed by atoms with Gasteiger partial charge in [0.1, 0.15) is 0 Å². The Labute approximate surface area is 104 Å². The first kappa shape index (κ1) is 12.6. The number of rotatable bonds is 0. The third-order valence-electron chi connectivity index (χ3n) is 3.94. The van der Waals surface area contributed by atoms with Crippen LogP contribution in [-0.2, 0) is 0 Å². The van der Waals surface area contributed by atoms with Crippen molar-refractivity contribution in [1.82, 2.24) is 20.0 Å². The molecule has 0 radical (unpaired) electrons. The minimum absolute atomic E-state index is 0.143. The van der Waals surface area contributed by atoms with Gasteiger partial charge in [-0.2, -0.15) is 0 Å². The third kappa shape index (κ3) is 2.72. The fourth-order valence-electron chi connectivity index (χ4n) is 2.91. The average Bonchev–Trinajstić information content (AvgIpc) is 2.29. The van der Waals surface area contributed by atoms with Crippen LogP contribution < -0.4 is 5.32 Å². The monoisotopic (exact) mass is 240 g/mol. The summed E-state index contributed by atoms with van der Waals surface area (Å²) in [5, 5.41) is 3.66. The Kier molecular flexibility index (Phi) is 3.58. The maximum absolute atomic E-state index is 11.9. The molecule has 5 heteroatoms. The van der Waals surface area contributed by atoms with Gasteiger partial charge in [0.15, 0.2) is 0 Å². The van der Waals surface area contributed by atoms with Crippen molar-refractivity contribution in [2.45, 2.75) is 18.4 Å². The predicted octanol–water partition coefficient (Wildman–Crippen LogP) is 0.0376. The lowest BCUT2D eigenvalue weighted by atomic mass is 9.85. The van der Waals surface area contributed by atoms with Gasteiger partial charge in [0, 0.05) is 52.4 Å². The van der Waals surface area contributed by atoms with Crippen LogP contribution in [0.4, 0.5) is 4.79 Å². The van der Waals surface area contributed by atoms with E-state index in [1.54, 1.807) is 4.90 Å². The van der Waals surface area contributed by atoms with E-state index in [0.29, 0.717) is 0 Å². The molecule has 0 bridgehead atoms. The van der Waals surface area contributed by atoms with Gasteiger partial charge in [0.2, 0.25) is 0 Å². The molecule has 0 aromatic heterocycles. The molecule has 1 spiro atoms. The first-order chi connectivity index (χ1) is 8.02. The first-order valence-electron chi connectivity index (χ1n) is 6.42. The number of nitrogens with zero attached hydrogens (tertiary/aromatic N) is 3. The molecule has 2 fully saturated rings. The van der Waals surface area contributed by atoms with Crippen LogP contribution >= 0.6 is 0 Å². The van der Waals surface area contributed by atoms with Crippen LogP contribution in [0.2, 0.25) is 0 Å². The molecule has 0 atom stereocenters. The Morgan fingerprint density at radius 3 is 2.41 bits per heavy atom. The molecule has 2 rings (SSSR count). The van der Waals surface area contributed by atoms with Crippen LogP contribution in [0, 0.1) is 0 Å². The third-order valence-corrected chi connectivity index (χ3v) is 3.94. The van der Waals surface area contributed by atoms with E-state index in [1.807, 2.05) is 19.0 Å². The van der Waals surface area contributed by atoms with Crippen molar-refractivity contribution in [2.24, 2.45) is 0 Å². The summed E-state index contributed by atoms with van der Waals surface area (Å²) in [5.41, 5.74) is 0.246. The van der Waals surface area contributed by atoms with Crippen molar-refractivity contribution in [1.29, 1.82) is 0 Å². The van der Waals surface area contributed by atoms with Crippen molar-refractivity contribution < 1.29 is 4.79 Å². The summed E-state index contributed by atoms with van der Waals surface area (Å²) in [5.74, 6) is 0. The second kappa shape index (κ2) is 4.82. The van der Waals surface area contributed by atoms with Crippen molar-refractivity contribution in [3.63, 3.8) is 0 Å². The van der Waals surface area contributed by atoms with Crippen molar-refractivity contribution >= 4 is 6.03 Å². The highest BCUT2D eigenvalue weighted by Crippen LogP contribution is 2.25. The number of likely N-dealkylation sites (N-methyl/N-ethyl adjacent to an activating group) is 1. The number of piperidine rings is 1. The zero-order valence-corrected chi connectivity index (χ0v) is 11.2. The van der Waals surface area contributed by atoms with E-state index in [-0.39, 0.29) is 11.6 Å². The number of likely N-dealkylation sites (tertiary alicyclic amines) is 1. The van der Waals surface area contributed by atoms with E-state index in [2.05, 4.69) is 17.3 Å². The molecule has 0 unspecified atom stereocenters. The summed E-state index contributed by atoms with van der Waals surface area (Å²) >= 11 is 0. The quantitative estimate of drug-likeness (QED) is 0.650. The lowest BCUT2D eigenvalue weighted by molar-refractivity contribution is 0.0812. The zero-order valence-electron chi connectivity index (χ0n) is 11.2. The minimum Gasteiger partial charge on any atom is -0.331 e. The number of piperazine rings is 1. The second-order valence-corrected chi connectivity index (χ2v) is 5.61. The van der Waals surface area contributed by atoms with E-state index in [9.17, 15) is 4.79 Å². The fourth-order valence-corrected chi connectivity index (χ4v) is 2.91. The van der Waals surface area contributed by atoms with Gasteiger partial charge in [-0.1, -0.05) is 0 Å². The molecule has 98 valence electrons. The van der Waals surface area contributed by atoms with E-state index in [1.165, 1.54) is 0 Å². The van der Waals surface area contributed by atoms with Gasteiger partial charge in [-0.15, -0.1) is 0 Å². The standard InChI is InChI=1S/C12H24N4O/c1-14(2)11(17)16-7-4-12(5-8-16)10-15(3)9-6-13-12/h13H,4-10H2,1-3H3. The molecule has 2 aliphatic rings. The number of nitrogens with one attached hydrogen (secondary N) is 1. The second-order valence-electron chi connectivity index (χ2n) is 5.61. The SMILES string of the molecule is CN1CCNC2(CCN(C(=O)N(C)C)CC2)C1. The molecule has 0 saturated carbocycles. The summed E-state index contributed by atoms with van der Waals surface area (Å²) in [4.78, 5) is 17.9. The number of carbonyl (C=O) groups excluding carboxylic acids is 1. The first-order valence-corrected chi connectivity index (χ1v) is 6.42. The van der Waals surface area contributed by atoms with Crippen LogP contribution in [0.1, 0.15) is 12.8 Å². The van der Waals surface area contributed by atoms with E-state index >= 15 is 0 Å². The van der Waals surface area contributed by atoms with Crippen molar-refractivity contribution in [3.8, 4) is 0 Å². The number of amides is 2. The van der Waals surface area contributed by atoms with Gasteiger partial charge in [-0.05, 0) is 19.9 Å². The van der Waals surface area contributed by atoms with Gasteiger partial charge < -0.3 is 20.0 Å². The topological polar surface area (TPSA) is 38.8 Å². The average molecular weight is 240 g/mol. The molecular weight excluding hydrogens is 216 g/mol. The van der Waals surface area contributed by atoms with Gasteiger partial charge >= 0.3 is 6.03 Å². The minimum atomic E-state index is 0.143. The molecule has 5 nitrogen and oxygen atoms in total. The smallest absolute Gasteiger partial charge is 0.319 e. The van der Waals surface area contributed by atoms with Gasteiger partial charge in [-0.3, -0.25) is 0 Å². The summed E-state index contributed by atoms with van der Waals surface area (Å²) < 4.78 is 0. The van der Waals surface area contributed by atoms with Gasteiger partial charge in [0.05, 0.1) is 0 Å². The number of urea groups is 1. The van der Waals surface area contributed by atoms with Crippen molar-refractivity contribution in [2.75, 3.05) is 53.9 Å². The highest BCUT2D eigenvalue weighted by atomic mass is 16.2. The largest absolute Gasteiger partial charge is 0.331 e. The molecule has 0 aromatic rings. The fraction of sp³-hybridized carbons (Fsp3) is 0.917. The molecule has 0 aliphatic carbocycles. The van der Waals surface area contributed by atoms with Crippen LogP contribution in [-0.4, -0.2) is 80.1 Å². The Morgan fingerprint density at radius 1 is 1.24 bits per heavy atom. The van der Waals surface area contributed by atoms with Gasteiger partial charge in [-0.25, -0.2) is 4.79 Å². The number of carbonyl (C=O) groups is 1. The van der Waals surface area contributed by atoms with Crippen LogP contribution in [0.5, 0.6) is 0 Å². The molecule has 1 N–H and O–H groups in total. The molecule has 17 heavy (non-hydrogen) atoms. The maximum atomic E-state index is 11.9. The Hall–Kier alpha value is -0.810. The molecule has 2 aliphatic heterocycles. The molecule has 2 amide bonds. The number of hydrogen-bond acceptors (Lipinski definition) is 3. The highest BCUT2D eigenvalue weighted by molar-refractivity contribution is 5.73. The summed E-state index contributed by atoms with van der Waals surface area (Å²) in [6, 6.07) is 0.143. The summed E-state index contributed by atoms with van der Waals surface area (Å²) in [6.07, 6.45) is 2.13. The van der Waals surface area contributed by atoms with E-state index in [0.717, 1.165) is 45.6 Å². The molecular formula is C12H24N4O. The number of hydrogen-bond donors (Lipinski definition) is 1. The predicted molar refractivity (Wildman–Crippen MR) is 68.1 cm³/mol. The Bertz CT molecular complexity index is 284.